The van der Waals surface area contributed by atoms with E-state index in [1.807, 2.05) is 31.2 Å². The van der Waals surface area contributed by atoms with Crippen molar-refractivity contribution < 1.29 is 9.53 Å². The second kappa shape index (κ2) is 6.93. The third-order valence-corrected chi connectivity index (χ3v) is 3.76. The van der Waals surface area contributed by atoms with Gasteiger partial charge in [-0.05, 0) is 30.7 Å². The molecule has 0 saturated heterocycles. The van der Waals surface area contributed by atoms with Gasteiger partial charge in [0, 0.05) is 19.3 Å². The number of carbonyl (C=O) groups is 1. The van der Waals surface area contributed by atoms with E-state index in [1.165, 1.54) is 10.6 Å². The first-order chi connectivity index (χ1) is 10.5. The molecule has 0 aliphatic carbocycles. The van der Waals surface area contributed by atoms with Crippen LogP contribution in [-0.4, -0.2) is 29.5 Å². The van der Waals surface area contributed by atoms with Crippen LogP contribution in [0.25, 0.3) is 0 Å². The number of nitrogens with zero attached hydrogens (tertiary/aromatic N) is 2. The summed E-state index contributed by atoms with van der Waals surface area (Å²) >= 11 is 0. The Morgan fingerprint density at radius 2 is 2.05 bits per heavy atom. The summed E-state index contributed by atoms with van der Waals surface area (Å²) in [6.07, 6.45) is 1.62. The van der Waals surface area contributed by atoms with E-state index in [1.54, 1.807) is 37.4 Å². The molecule has 1 atom stereocenters. The predicted molar refractivity (Wildman–Crippen MR) is 84.9 cm³/mol. The van der Waals surface area contributed by atoms with Crippen LogP contribution in [-0.2, 0) is 11.3 Å². The fraction of sp³-hybridized carbons (Fsp3) is 0.294. The average molecular weight is 300 g/mol. The minimum Gasteiger partial charge on any atom is -0.497 e. The first-order valence-electron chi connectivity index (χ1n) is 7.08. The molecule has 0 fully saturated rings. The van der Waals surface area contributed by atoms with E-state index in [-0.39, 0.29) is 24.1 Å². The van der Waals surface area contributed by atoms with Crippen molar-refractivity contribution >= 4 is 5.91 Å². The van der Waals surface area contributed by atoms with E-state index in [4.69, 9.17) is 4.74 Å². The first-order valence-corrected chi connectivity index (χ1v) is 7.08. The minimum absolute atomic E-state index is 0.0322. The molecule has 0 aliphatic heterocycles. The van der Waals surface area contributed by atoms with Crippen LogP contribution in [0.4, 0.5) is 0 Å². The van der Waals surface area contributed by atoms with Crippen molar-refractivity contribution in [3.05, 3.63) is 64.6 Å². The molecule has 5 nitrogen and oxygen atoms in total. The molecule has 5 heteroatoms. The highest BCUT2D eigenvalue weighted by molar-refractivity contribution is 5.76. The first kappa shape index (κ1) is 15.8. The van der Waals surface area contributed by atoms with Crippen molar-refractivity contribution in [1.29, 1.82) is 0 Å². The van der Waals surface area contributed by atoms with Crippen LogP contribution >= 0.6 is 0 Å². The van der Waals surface area contributed by atoms with Gasteiger partial charge in [-0.3, -0.25) is 9.59 Å². The molecule has 22 heavy (non-hydrogen) atoms. The number of amides is 1. The van der Waals surface area contributed by atoms with Crippen molar-refractivity contribution in [3.63, 3.8) is 0 Å². The van der Waals surface area contributed by atoms with Gasteiger partial charge in [0.1, 0.15) is 12.3 Å². The van der Waals surface area contributed by atoms with Crippen molar-refractivity contribution in [3.8, 4) is 5.75 Å². The summed E-state index contributed by atoms with van der Waals surface area (Å²) in [4.78, 5) is 25.7. The second-order valence-corrected chi connectivity index (χ2v) is 5.12. The van der Waals surface area contributed by atoms with Gasteiger partial charge >= 0.3 is 0 Å². The van der Waals surface area contributed by atoms with Gasteiger partial charge in [0.2, 0.25) is 5.91 Å². The van der Waals surface area contributed by atoms with Crippen molar-refractivity contribution in [2.45, 2.75) is 19.5 Å². The normalized spacial score (nSPS) is 11.8. The number of ether oxygens (including phenoxy) is 1. The number of methoxy groups -OCH3 is 1. The van der Waals surface area contributed by atoms with Gasteiger partial charge in [-0.2, -0.15) is 0 Å². The lowest BCUT2D eigenvalue weighted by atomic mass is 10.1. The van der Waals surface area contributed by atoms with Crippen LogP contribution in [0, 0.1) is 0 Å². The lowest BCUT2D eigenvalue weighted by Crippen LogP contribution is -2.35. The molecule has 1 aromatic carbocycles. The molecule has 2 aromatic rings. The van der Waals surface area contributed by atoms with Crippen molar-refractivity contribution in [1.82, 2.24) is 9.47 Å². The number of carbonyl (C=O) groups excluding carboxylic acids is 1. The molecule has 1 aromatic heterocycles. The molecular weight excluding hydrogens is 280 g/mol. The van der Waals surface area contributed by atoms with Gasteiger partial charge in [-0.25, -0.2) is 0 Å². The van der Waals surface area contributed by atoms with Gasteiger partial charge in [0.05, 0.1) is 13.2 Å². The number of pyridine rings is 1. The van der Waals surface area contributed by atoms with Crippen molar-refractivity contribution in [2.75, 3.05) is 14.2 Å². The highest BCUT2D eigenvalue weighted by Gasteiger charge is 2.18. The maximum absolute atomic E-state index is 12.4. The summed E-state index contributed by atoms with van der Waals surface area (Å²) in [5.74, 6) is 0.632. The zero-order valence-electron chi connectivity index (χ0n) is 13.0. The SMILES string of the molecule is COc1cccc([C@@H](C)N(C)C(=O)Cn2ccccc2=O)c1. The number of aromatic nitrogens is 1. The summed E-state index contributed by atoms with van der Waals surface area (Å²) in [6, 6.07) is 12.3. The lowest BCUT2D eigenvalue weighted by Gasteiger charge is -2.26. The highest BCUT2D eigenvalue weighted by atomic mass is 16.5. The van der Waals surface area contributed by atoms with Gasteiger partial charge in [-0.1, -0.05) is 18.2 Å². The Morgan fingerprint density at radius 3 is 2.73 bits per heavy atom. The highest BCUT2D eigenvalue weighted by Crippen LogP contribution is 2.23. The molecule has 0 unspecified atom stereocenters. The number of rotatable bonds is 5. The number of benzene rings is 1. The largest absolute Gasteiger partial charge is 0.497 e. The smallest absolute Gasteiger partial charge is 0.250 e. The zero-order chi connectivity index (χ0) is 16.1. The van der Waals surface area contributed by atoms with Gasteiger partial charge in [0.15, 0.2) is 0 Å². The Balaban J connectivity index is 2.12. The maximum Gasteiger partial charge on any atom is 0.250 e. The van der Waals surface area contributed by atoms with E-state index in [9.17, 15) is 9.59 Å². The molecule has 0 saturated carbocycles. The van der Waals surface area contributed by atoms with Gasteiger partial charge in [0.25, 0.3) is 5.56 Å². The molecule has 2 rings (SSSR count). The Hall–Kier alpha value is -2.56. The summed E-state index contributed by atoms with van der Waals surface area (Å²) in [5, 5.41) is 0. The van der Waals surface area contributed by atoms with Crippen LogP contribution in [0.3, 0.4) is 0 Å². The molecule has 0 radical (unpaired) electrons. The van der Waals surface area contributed by atoms with Gasteiger partial charge < -0.3 is 14.2 Å². The molecule has 0 bridgehead atoms. The van der Waals surface area contributed by atoms with Crippen LogP contribution < -0.4 is 10.3 Å². The van der Waals surface area contributed by atoms with Crippen LogP contribution in [0.5, 0.6) is 5.75 Å². The van der Waals surface area contributed by atoms with Crippen LogP contribution in [0.1, 0.15) is 18.5 Å². The molecule has 0 N–H and O–H groups in total. The predicted octanol–water partition coefficient (Wildman–Crippen LogP) is 2.08. The third-order valence-electron chi connectivity index (χ3n) is 3.76. The monoisotopic (exact) mass is 300 g/mol. The Kier molecular flexibility index (Phi) is 4.99. The summed E-state index contributed by atoms with van der Waals surface area (Å²) in [7, 11) is 3.35. The second-order valence-electron chi connectivity index (χ2n) is 5.12. The number of likely N-dealkylation sites (N-methyl/N-ethyl adjacent to an activating group) is 1. The quantitative estimate of drug-likeness (QED) is 0.849. The topological polar surface area (TPSA) is 51.5 Å². The Bertz CT molecular complexity index is 709. The Morgan fingerprint density at radius 1 is 1.27 bits per heavy atom. The van der Waals surface area contributed by atoms with Crippen molar-refractivity contribution in [2.24, 2.45) is 0 Å². The zero-order valence-corrected chi connectivity index (χ0v) is 13.0. The average Bonchev–Trinajstić information content (AvgIpc) is 2.55. The van der Waals surface area contributed by atoms with Crippen LogP contribution in [0.15, 0.2) is 53.5 Å². The summed E-state index contributed by atoms with van der Waals surface area (Å²) < 4.78 is 6.61. The molecular formula is C17H20N2O3. The molecule has 0 aliphatic rings. The Labute approximate surface area is 129 Å². The fourth-order valence-electron chi connectivity index (χ4n) is 2.19. The third kappa shape index (κ3) is 3.55. The summed E-state index contributed by atoms with van der Waals surface area (Å²) in [6.45, 7) is 1.98. The van der Waals surface area contributed by atoms with E-state index in [0.29, 0.717) is 0 Å². The van der Waals surface area contributed by atoms with E-state index in [2.05, 4.69) is 0 Å². The standard InChI is InChI=1S/C17H20N2O3/c1-13(14-7-6-8-15(11-14)22-3)18(2)17(21)12-19-10-5-4-9-16(19)20/h4-11,13H,12H2,1-3H3/t13-/m1/s1. The summed E-state index contributed by atoms with van der Waals surface area (Å²) in [5.41, 5.74) is 0.800. The van der Waals surface area contributed by atoms with Gasteiger partial charge in [-0.15, -0.1) is 0 Å². The number of hydrogen-bond acceptors (Lipinski definition) is 3. The van der Waals surface area contributed by atoms with E-state index in [0.717, 1.165) is 11.3 Å². The molecule has 1 amide bonds. The fourth-order valence-corrected chi connectivity index (χ4v) is 2.19. The lowest BCUT2D eigenvalue weighted by molar-refractivity contribution is -0.132. The minimum atomic E-state index is -0.182. The van der Waals surface area contributed by atoms with E-state index < -0.39 is 0 Å². The molecule has 116 valence electrons. The maximum atomic E-state index is 12.4. The molecule has 0 spiro atoms. The molecule has 1 heterocycles. The van der Waals surface area contributed by atoms with Crippen LogP contribution in [0.2, 0.25) is 0 Å². The number of hydrogen-bond donors (Lipinski definition) is 0. The van der Waals surface area contributed by atoms with E-state index >= 15 is 0 Å².